The van der Waals surface area contributed by atoms with Gasteiger partial charge in [-0.15, -0.1) is 0 Å². The monoisotopic (exact) mass is 437 g/mol. The zero-order chi connectivity index (χ0) is 22.7. The molecule has 1 N–H and O–H groups in total. The maximum absolute atomic E-state index is 11.6. The normalized spacial score (nSPS) is 11.2. The van der Waals surface area contributed by atoms with E-state index in [1.807, 2.05) is 0 Å². The van der Waals surface area contributed by atoms with Crippen LogP contribution in [0.2, 0.25) is 0 Å². The number of rotatable bonds is 26. The molecule has 0 radical (unpaired) electrons. The second-order valence-electron chi connectivity index (χ2n) is 9.88. The predicted octanol–water partition coefficient (Wildman–Crippen LogP) is 9.89. The molecule has 0 heterocycles. The lowest BCUT2D eigenvalue weighted by Gasteiger charge is -2.05. The molecular weight excluding hydrogens is 378 g/mol. The SMILES string of the molecule is CCCCCCCCCCCCCCCCCCCCCCCCC(=O)NCCCC. The number of carbonyl (C=O) groups excluding carboxylic acids is 1. The van der Waals surface area contributed by atoms with Crippen LogP contribution in [0.25, 0.3) is 0 Å². The Morgan fingerprint density at radius 2 is 0.710 bits per heavy atom. The highest BCUT2D eigenvalue weighted by atomic mass is 16.1. The Bertz CT molecular complexity index is 342. The van der Waals surface area contributed by atoms with Crippen molar-refractivity contribution in [3.05, 3.63) is 0 Å². The molecule has 0 unspecified atom stereocenters. The van der Waals surface area contributed by atoms with E-state index in [9.17, 15) is 4.79 Å². The zero-order valence-corrected chi connectivity index (χ0v) is 21.8. The molecule has 0 saturated carbocycles. The maximum Gasteiger partial charge on any atom is 0.219 e. The summed E-state index contributed by atoms with van der Waals surface area (Å²) < 4.78 is 0. The highest BCUT2D eigenvalue weighted by molar-refractivity contribution is 5.75. The van der Waals surface area contributed by atoms with E-state index in [-0.39, 0.29) is 5.91 Å². The quantitative estimate of drug-likeness (QED) is 0.134. The summed E-state index contributed by atoms with van der Waals surface area (Å²) >= 11 is 0. The average Bonchev–Trinajstić information content (AvgIpc) is 2.77. The van der Waals surface area contributed by atoms with Crippen LogP contribution in [0, 0.1) is 0 Å². The van der Waals surface area contributed by atoms with Gasteiger partial charge in [-0.2, -0.15) is 0 Å². The minimum absolute atomic E-state index is 0.251. The standard InChI is InChI=1S/C29H59NO/c1-3-5-7-8-9-10-11-12-13-14-15-16-17-18-19-20-21-22-23-24-25-26-27-29(31)30-28-6-4-2/h3-28H2,1-2H3,(H,30,31). The number of nitrogens with one attached hydrogen (secondary N) is 1. The largest absolute Gasteiger partial charge is 0.356 e. The van der Waals surface area contributed by atoms with Gasteiger partial charge in [0, 0.05) is 13.0 Å². The van der Waals surface area contributed by atoms with Crippen LogP contribution in [-0.2, 0) is 4.79 Å². The first kappa shape index (κ1) is 30.5. The van der Waals surface area contributed by atoms with Crippen LogP contribution in [0.5, 0.6) is 0 Å². The van der Waals surface area contributed by atoms with Crippen molar-refractivity contribution in [2.75, 3.05) is 6.54 Å². The first-order valence-corrected chi connectivity index (χ1v) is 14.6. The van der Waals surface area contributed by atoms with E-state index in [0.29, 0.717) is 0 Å². The predicted molar refractivity (Wildman–Crippen MR) is 140 cm³/mol. The molecule has 0 aromatic carbocycles. The van der Waals surface area contributed by atoms with E-state index < -0.39 is 0 Å². The summed E-state index contributed by atoms with van der Waals surface area (Å²) in [5, 5.41) is 3.01. The molecule has 0 bridgehead atoms. The van der Waals surface area contributed by atoms with Gasteiger partial charge >= 0.3 is 0 Å². The van der Waals surface area contributed by atoms with Crippen molar-refractivity contribution >= 4 is 5.91 Å². The smallest absolute Gasteiger partial charge is 0.219 e. The Labute approximate surface area is 197 Å². The molecule has 0 atom stereocenters. The van der Waals surface area contributed by atoms with Gasteiger partial charge in [-0.3, -0.25) is 4.79 Å². The molecule has 186 valence electrons. The van der Waals surface area contributed by atoms with E-state index in [0.717, 1.165) is 32.2 Å². The van der Waals surface area contributed by atoms with Crippen LogP contribution in [0.1, 0.15) is 174 Å². The van der Waals surface area contributed by atoms with Gasteiger partial charge in [-0.1, -0.05) is 155 Å². The molecule has 0 saturated heterocycles. The van der Waals surface area contributed by atoms with Gasteiger partial charge in [-0.05, 0) is 12.8 Å². The van der Waals surface area contributed by atoms with Crippen molar-refractivity contribution in [1.82, 2.24) is 5.32 Å². The summed E-state index contributed by atoms with van der Waals surface area (Å²) in [7, 11) is 0. The van der Waals surface area contributed by atoms with Crippen molar-refractivity contribution in [3.63, 3.8) is 0 Å². The maximum atomic E-state index is 11.6. The van der Waals surface area contributed by atoms with Crippen LogP contribution in [0.3, 0.4) is 0 Å². The molecule has 0 aliphatic heterocycles. The molecule has 31 heavy (non-hydrogen) atoms. The first-order chi connectivity index (χ1) is 15.3. The summed E-state index contributed by atoms with van der Waals surface area (Å²) in [5.74, 6) is 0.251. The Morgan fingerprint density at radius 3 is 1.03 bits per heavy atom. The third-order valence-electron chi connectivity index (χ3n) is 6.61. The van der Waals surface area contributed by atoms with Crippen LogP contribution in [-0.4, -0.2) is 12.5 Å². The molecular formula is C29H59NO. The summed E-state index contributed by atoms with van der Waals surface area (Å²) in [5.41, 5.74) is 0. The Kier molecular flexibility index (Phi) is 27.0. The molecule has 0 aliphatic carbocycles. The van der Waals surface area contributed by atoms with Gasteiger partial charge in [0.05, 0.1) is 0 Å². The van der Waals surface area contributed by atoms with Crippen molar-refractivity contribution < 1.29 is 4.79 Å². The highest BCUT2D eigenvalue weighted by Gasteiger charge is 2.00. The lowest BCUT2D eigenvalue weighted by Crippen LogP contribution is -2.23. The van der Waals surface area contributed by atoms with Crippen LogP contribution in [0.4, 0.5) is 0 Å². The summed E-state index contributed by atoms with van der Waals surface area (Å²) in [6.45, 7) is 5.31. The van der Waals surface area contributed by atoms with Gasteiger partial charge in [-0.25, -0.2) is 0 Å². The third kappa shape index (κ3) is 27.4. The highest BCUT2D eigenvalue weighted by Crippen LogP contribution is 2.15. The topological polar surface area (TPSA) is 29.1 Å². The Hall–Kier alpha value is -0.530. The first-order valence-electron chi connectivity index (χ1n) is 14.6. The molecule has 1 amide bonds. The third-order valence-corrected chi connectivity index (χ3v) is 6.61. The second-order valence-corrected chi connectivity index (χ2v) is 9.88. The van der Waals surface area contributed by atoms with Crippen molar-refractivity contribution in [1.29, 1.82) is 0 Å². The zero-order valence-electron chi connectivity index (χ0n) is 21.8. The van der Waals surface area contributed by atoms with Crippen LogP contribution >= 0.6 is 0 Å². The van der Waals surface area contributed by atoms with E-state index in [4.69, 9.17) is 0 Å². The molecule has 2 nitrogen and oxygen atoms in total. The van der Waals surface area contributed by atoms with Crippen molar-refractivity contribution in [3.8, 4) is 0 Å². The van der Waals surface area contributed by atoms with Crippen molar-refractivity contribution in [2.45, 2.75) is 174 Å². The number of carbonyl (C=O) groups is 1. The summed E-state index contributed by atoms with van der Waals surface area (Å²) in [6.07, 6.45) is 34.0. The lowest BCUT2D eigenvalue weighted by atomic mass is 10.0. The molecule has 0 spiro atoms. The molecule has 0 aromatic rings. The van der Waals surface area contributed by atoms with Crippen LogP contribution < -0.4 is 5.32 Å². The summed E-state index contributed by atoms with van der Waals surface area (Å²) in [6, 6.07) is 0. The average molecular weight is 438 g/mol. The molecule has 0 aliphatic rings. The van der Waals surface area contributed by atoms with E-state index >= 15 is 0 Å². The van der Waals surface area contributed by atoms with Gasteiger partial charge in [0.2, 0.25) is 5.91 Å². The van der Waals surface area contributed by atoms with Gasteiger partial charge in [0.25, 0.3) is 0 Å². The number of unbranched alkanes of at least 4 members (excludes halogenated alkanes) is 22. The number of hydrogen-bond donors (Lipinski definition) is 1. The number of amides is 1. The fourth-order valence-electron chi connectivity index (χ4n) is 4.39. The molecule has 0 fully saturated rings. The second kappa shape index (κ2) is 27.5. The molecule has 0 aromatic heterocycles. The number of hydrogen-bond acceptors (Lipinski definition) is 1. The molecule has 0 rings (SSSR count). The Morgan fingerprint density at radius 1 is 0.419 bits per heavy atom. The van der Waals surface area contributed by atoms with E-state index in [2.05, 4.69) is 19.2 Å². The van der Waals surface area contributed by atoms with Gasteiger partial charge in [0.1, 0.15) is 0 Å². The lowest BCUT2D eigenvalue weighted by molar-refractivity contribution is -0.121. The van der Waals surface area contributed by atoms with E-state index in [1.165, 1.54) is 135 Å². The summed E-state index contributed by atoms with van der Waals surface area (Å²) in [4.78, 5) is 11.6. The fraction of sp³-hybridized carbons (Fsp3) is 0.966. The minimum atomic E-state index is 0.251. The fourth-order valence-corrected chi connectivity index (χ4v) is 4.39. The van der Waals surface area contributed by atoms with E-state index in [1.54, 1.807) is 0 Å². The minimum Gasteiger partial charge on any atom is -0.356 e. The van der Waals surface area contributed by atoms with Gasteiger partial charge < -0.3 is 5.32 Å². The van der Waals surface area contributed by atoms with Crippen molar-refractivity contribution in [2.24, 2.45) is 0 Å². The van der Waals surface area contributed by atoms with Gasteiger partial charge in [0.15, 0.2) is 0 Å². The van der Waals surface area contributed by atoms with Crippen LogP contribution in [0.15, 0.2) is 0 Å². The Balaban J connectivity index is 3.06. The molecule has 2 heteroatoms.